The number of fused-ring (bicyclic) bond motifs is 1. The Hall–Kier alpha value is -2.35. The maximum atomic E-state index is 12.9. The van der Waals surface area contributed by atoms with Crippen molar-refractivity contribution >= 4 is 11.5 Å². The van der Waals surface area contributed by atoms with Crippen LogP contribution in [0.4, 0.5) is 24.7 Å². The molecular weight excluding hydrogens is 343 g/mol. The predicted molar refractivity (Wildman–Crippen MR) is 96.7 cm³/mol. The second-order valence-corrected chi connectivity index (χ2v) is 5.79. The molecular formula is C18H24F3N5. The normalized spacial score (nSPS) is 13.5. The minimum atomic E-state index is -4.42. The summed E-state index contributed by atoms with van der Waals surface area (Å²) in [6.07, 6.45) is -3.61. The molecule has 5 nitrogen and oxygen atoms in total. The highest BCUT2D eigenvalue weighted by atomic mass is 19.4. The Morgan fingerprint density at radius 3 is 2.62 bits per heavy atom. The number of benzene rings is 1. The fourth-order valence-electron chi connectivity index (χ4n) is 2.78. The van der Waals surface area contributed by atoms with Crippen molar-refractivity contribution in [2.45, 2.75) is 46.5 Å². The van der Waals surface area contributed by atoms with E-state index in [2.05, 4.69) is 20.6 Å². The molecule has 0 bridgehead atoms. The highest BCUT2D eigenvalue weighted by Gasteiger charge is 2.31. The summed E-state index contributed by atoms with van der Waals surface area (Å²) in [5.41, 5.74) is 7.33. The predicted octanol–water partition coefficient (Wildman–Crippen LogP) is 3.67. The zero-order valence-corrected chi connectivity index (χ0v) is 15.2. The number of rotatable bonds is 3. The van der Waals surface area contributed by atoms with E-state index in [1.165, 1.54) is 6.07 Å². The number of alkyl halides is 3. The summed E-state index contributed by atoms with van der Waals surface area (Å²) >= 11 is 0. The van der Waals surface area contributed by atoms with E-state index in [4.69, 9.17) is 5.73 Å². The third kappa shape index (κ3) is 4.85. The van der Waals surface area contributed by atoms with E-state index in [-0.39, 0.29) is 12.2 Å². The second-order valence-electron chi connectivity index (χ2n) is 5.79. The first-order chi connectivity index (χ1) is 12.3. The zero-order valence-electron chi connectivity index (χ0n) is 15.2. The molecule has 0 spiro atoms. The fraction of sp³-hybridized carbons (Fsp3) is 0.444. The average molecular weight is 367 g/mol. The Bertz CT molecular complexity index is 759. The van der Waals surface area contributed by atoms with E-state index >= 15 is 0 Å². The van der Waals surface area contributed by atoms with Gasteiger partial charge in [0.1, 0.15) is 11.6 Å². The van der Waals surface area contributed by atoms with Crippen molar-refractivity contribution < 1.29 is 13.2 Å². The van der Waals surface area contributed by atoms with Crippen LogP contribution in [-0.4, -0.2) is 16.5 Å². The molecule has 0 saturated carbocycles. The van der Waals surface area contributed by atoms with Gasteiger partial charge in [0.2, 0.25) is 0 Å². The van der Waals surface area contributed by atoms with Gasteiger partial charge in [-0.1, -0.05) is 13.8 Å². The van der Waals surface area contributed by atoms with Gasteiger partial charge < -0.3 is 16.4 Å². The van der Waals surface area contributed by atoms with Crippen molar-refractivity contribution in [3.8, 4) is 0 Å². The van der Waals surface area contributed by atoms with Gasteiger partial charge in [0.25, 0.3) is 0 Å². The maximum Gasteiger partial charge on any atom is 0.416 e. The van der Waals surface area contributed by atoms with Crippen LogP contribution in [0.25, 0.3) is 0 Å². The molecule has 2 aromatic rings. The lowest BCUT2D eigenvalue weighted by molar-refractivity contribution is -0.137. The number of hydrogen-bond donors (Lipinski definition) is 3. The van der Waals surface area contributed by atoms with Crippen LogP contribution in [0.5, 0.6) is 0 Å². The van der Waals surface area contributed by atoms with Crippen LogP contribution in [-0.2, 0) is 25.7 Å². The van der Waals surface area contributed by atoms with Crippen LogP contribution in [0, 0.1) is 6.92 Å². The molecule has 0 saturated heterocycles. The lowest BCUT2D eigenvalue weighted by atomic mass is 10.1. The molecule has 26 heavy (non-hydrogen) atoms. The number of aryl methyl sites for hydroxylation is 1. The standard InChI is InChI=1S/C16H18F3N5.C2H6/c1-9-23-14-2-3-21-8-13(14)15(24-9)22-7-10-4-11(16(17,18)19)6-12(20)5-10;1-2/h4-6,21H,2-3,7-8,20H2,1H3,(H,22,23,24);1-2H3. The van der Waals surface area contributed by atoms with Gasteiger partial charge in [0.05, 0.1) is 11.3 Å². The van der Waals surface area contributed by atoms with Crippen LogP contribution in [0.1, 0.15) is 42.1 Å². The highest BCUT2D eigenvalue weighted by molar-refractivity contribution is 5.50. The van der Waals surface area contributed by atoms with Crippen LogP contribution < -0.4 is 16.4 Å². The largest absolute Gasteiger partial charge is 0.416 e. The van der Waals surface area contributed by atoms with Gasteiger partial charge in [-0.15, -0.1) is 0 Å². The molecule has 1 aliphatic heterocycles. The summed E-state index contributed by atoms with van der Waals surface area (Å²) in [5.74, 6) is 1.29. The van der Waals surface area contributed by atoms with Crippen molar-refractivity contribution in [1.82, 2.24) is 15.3 Å². The van der Waals surface area contributed by atoms with E-state index < -0.39 is 11.7 Å². The van der Waals surface area contributed by atoms with E-state index in [1.807, 2.05) is 13.8 Å². The Kier molecular flexibility index (Phi) is 6.42. The first-order valence-corrected chi connectivity index (χ1v) is 8.60. The molecule has 0 fully saturated rings. The Labute approximate surface area is 151 Å². The van der Waals surface area contributed by atoms with Gasteiger partial charge >= 0.3 is 6.18 Å². The van der Waals surface area contributed by atoms with Gasteiger partial charge in [-0.3, -0.25) is 0 Å². The van der Waals surface area contributed by atoms with Crippen molar-refractivity contribution in [1.29, 1.82) is 0 Å². The number of anilines is 2. The van der Waals surface area contributed by atoms with Gasteiger partial charge in [0, 0.05) is 37.3 Å². The molecule has 142 valence electrons. The molecule has 0 atom stereocenters. The number of hydrogen-bond acceptors (Lipinski definition) is 5. The number of nitrogens with one attached hydrogen (secondary N) is 2. The molecule has 1 aliphatic rings. The lowest BCUT2D eigenvalue weighted by Crippen LogP contribution is -2.26. The van der Waals surface area contributed by atoms with Crippen molar-refractivity contribution in [3.63, 3.8) is 0 Å². The third-order valence-electron chi connectivity index (χ3n) is 3.85. The Morgan fingerprint density at radius 2 is 1.92 bits per heavy atom. The number of halogens is 3. The monoisotopic (exact) mass is 367 g/mol. The number of nitrogens with zero attached hydrogens (tertiary/aromatic N) is 2. The molecule has 0 radical (unpaired) electrons. The molecule has 3 rings (SSSR count). The maximum absolute atomic E-state index is 12.9. The fourth-order valence-corrected chi connectivity index (χ4v) is 2.78. The van der Waals surface area contributed by atoms with Gasteiger partial charge in [-0.25, -0.2) is 9.97 Å². The summed E-state index contributed by atoms with van der Waals surface area (Å²) in [6.45, 7) is 7.50. The Balaban J connectivity index is 0.00000117. The average Bonchev–Trinajstić information content (AvgIpc) is 2.60. The van der Waals surface area contributed by atoms with Crippen LogP contribution in [0.15, 0.2) is 18.2 Å². The second kappa shape index (κ2) is 8.35. The van der Waals surface area contributed by atoms with E-state index in [9.17, 15) is 13.2 Å². The molecule has 2 heterocycles. The molecule has 1 aromatic carbocycles. The summed E-state index contributed by atoms with van der Waals surface area (Å²) in [6, 6.07) is 3.56. The molecule has 8 heteroatoms. The minimum absolute atomic E-state index is 0.0872. The van der Waals surface area contributed by atoms with Crippen molar-refractivity contribution in [3.05, 3.63) is 46.4 Å². The van der Waals surface area contributed by atoms with Gasteiger partial charge in [0.15, 0.2) is 0 Å². The number of nitrogens with two attached hydrogens (primary N) is 1. The summed E-state index contributed by atoms with van der Waals surface area (Å²) in [5, 5.41) is 6.37. The van der Waals surface area contributed by atoms with Crippen molar-refractivity contribution in [2.75, 3.05) is 17.6 Å². The first kappa shape index (κ1) is 20.0. The summed E-state index contributed by atoms with van der Waals surface area (Å²) < 4.78 is 38.7. The van der Waals surface area contributed by atoms with E-state index in [0.717, 1.165) is 36.4 Å². The quantitative estimate of drug-likeness (QED) is 0.722. The zero-order chi connectivity index (χ0) is 19.3. The van der Waals surface area contributed by atoms with Crippen molar-refractivity contribution in [2.24, 2.45) is 0 Å². The van der Waals surface area contributed by atoms with Crippen LogP contribution >= 0.6 is 0 Å². The molecule has 0 aliphatic carbocycles. The van der Waals surface area contributed by atoms with E-state index in [1.54, 1.807) is 6.92 Å². The minimum Gasteiger partial charge on any atom is -0.399 e. The van der Waals surface area contributed by atoms with Crippen LogP contribution in [0.2, 0.25) is 0 Å². The highest BCUT2D eigenvalue weighted by Crippen LogP contribution is 2.31. The first-order valence-electron chi connectivity index (χ1n) is 8.60. The molecule has 0 amide bonds. The van der Waals surface area contributed by atoms with Crippen LogP contribution in [0.3, 0.4) is 0 Å². The molecule has 4 N–H and O–H groups in total. The summed E-state index contributed by atoms with van der Waals surface area (Å²) in [4.78, 5) is 8.81. The van der Waals surface area contributed by atoms with Gasteiger partial charge in [-0.2, -0.15) is 13.2 Å². The Morgan fingerprint density at radius 1 is 1.19 bits per heavy atom. The smallest absolute Gasteiger partial charge is 0.399 e. The third-order valence-corrected chi connectivity index (χ3v) is 3.85. The van der Waals surface area contributed by atoms with E-state index in [0.29, 0.717) is 23.8 Å². The summed E-state index contributed by atoms with van der Waals surface area (Å²) in [7, 11) is 0. The van der Waals surface area contributed by atoms with Gasteiger partial charge in [-0.05, 0) is 30.7 Å². The lowest BCUT2D eigenvalue weighted by Gasteiger charge is -2.20. The number of aromatic nitrogens is 2. The number of nitrogen functional groups attached to an aromatic ring is 1. The topological polar surface area (TPSA) is 75.9 Å². The SMILES string of the molecule is CC.Cc1nc2c(c(NCc3cc(N)cc(C(F)(F)F)c3)n1)CNCC2. The molecule has 1 aromatic heterocycles. The molecule has 0 unspecified atom stereocenters.